The molecule has 0 radical (unpaired) electrons. The van der Waals surface area contributed by atoms with Gasteiger partial charge in [0, 0.05) is 42.8 Å². The summed E-state index contributed by atoms with van der Waals surface area (Å²) in [4.78, 5) is 31.5. The largest absolute Gasteiger partial charge is 0.497 e. The fraction of sp³-hybridized carbons (Fsp3) is 0.444. The van der Waals surface area contributed by atoms with Gasteiger partial charge in [0.15, 0.2) is 0 Å². The predicted molar refractivity (Wildman–Crippen MR) is 94.1 cm³/mol. The Morgan fingerprint density at radius 2 is 1.84 bits per heavy atom. The Hall–Kier alpha value is -2.70. The highest BCUT2D eigenvalue weighted by molar-refractivity contribution is 6.08. The summed E-state index contributed by atoms with van der Waals surface area (Å²) in [6.07, 6.45) is -0.317. The number of nitrogens with zero attached hydrogens (tertiary/aromatic N) is 2. The highest BCUT2D eigenvalue weighted by Gasteiger charge is 2.28. The topological polar surface area (TPSA) is 74.9 Å². The molecule has 7 nitrogen and oxygen atoms in total. The van der Waals surface area contributed by atoms with Gasteiger partial charge in [0.2, 0.25) is 0 Å². The zero-order valence-corrected chi connectivity index (χ0v) is 14.8. The summed E-state index contributed by atoms with van der Waals surface area (Å²) in [6.45, 7) is 5.99. The van der Waals surface area contributed by atoms with Gasteiger partial charge in [-0.25, -0.2) is 4.79 Å². The maximum atomic E-state index is 13.0. The number of aromatic nitrogens is 1. The summed E-state index contributed by atoms with van der Waals surface area (Å²) < 4.78 is 10.3. The summed E-state index contributed by atoms with van der Waals surface area (Å²) in [7, 11) is 1.61. The summed E-state index contributed by atoms with van der Waals surface area (Å²) in [6, 6.07) is 5.65. The van der Waals surface area contributed by atoms with Crippen molar-refractivity contribution >= 4 is 22.9 Å². The van der Waals surface area contributed by atoms with Crippen molar-refractivity contribution in [2.24, 2.45) is 0 Å². The number of ether oxygens (including phenoxy) is 2. The molecule has 1 N–H and O–H groups in total. The Labute approximate surface area is 146 Å². The van der Waals surface area contributed by atoms with E-state index in [1.54, 1.807) is 23.8 Å². The molecule has 0 unspecified atom stereocenters. The standard InChI is InChI=1S/C18H23N3O4/c1-4-25-18(23)21-9-7-20(8-10-21)17(22)16-12(2)19-15-6-5-13(24-3)11-14(15)16/h5-6,11,19H,4,7-10H2,1-3H3. The van der Waals surface area contributed by atoms with Gasteiger partial charge in [-0.05, 0) is 32.0 Å². The molecule has 1 fully saturated rings. The molecule has 0 spiro atoms. The summed E-state index contributed by atoms with van der Waals surface area (Å²) in [5.74, 6) is 0.688. The molecule has 0 aliphatic carbocycles. The van der Waals surface area contributed by atoms with Gasteiger partial charge in [-0.3, -0.25) is 4.79 Å². The van der Waals surface area contributed by atoms with Gasteiger partial charge in [0.1, 0.15) is 5.75 Å². The van der Waals surface area contributed by atoms with Crippen molar-refractivity contribution in [1.29, 1.82) is 0 Å². The van der Waals surface area contributed by atoms with Crippen LogP contribution in [0.3, 0.4) is 0 Å². The Balaban J connectivity index is 1.79. The number of methoxy groups -OCH3 is 1. The fourth-order valence-corrected chi connectivity index (χ4v) is 3.17. The summed E-state index contributed by atoms with van der Waals surface area (Å²) in [5.41, 5.74) is 2.41. The zero-order chi connectivity index (χ0) is 18.0. The molecular formula is C18H23N3O4. The number of hydrogen-bond donors (Lipinski definition) is 1. The highest BCUT2D eigenvalue weighted by Crippen LogP contribution is 2.27. The smallest absolute Gasteiger partial charge is 0.409 e. The monoisotopic (exact) mass is 345 g/mol. The molecule has 25 heavy (non-hydrogen) atoms. The molecule has 1 aliphatic heterocycles. The first-order valence-electron chi connectivity index (χ1n) is 8.42. The number of benzene rings is 1. The number of nitrogens with one attached hydrogen (secondary N) is 1. The molecule has 1 aliphatic rings. The maximum Gasteiger partial charge on any atom is 0.409 e. The van der Waals surface area contributed by atoms with Gasteiger partial charge in [-0.15, -0.1) is 0 Å². The minimum atomic E-state index is -0.317. The Morgan fingerprint density at radius 3 is 2.48 bits per heavy atom. The average molecular weight is 345 g/mol. The van der Waals surface area contributed by atoms with E-state index in [2.05, 4.69) is 4.98 Å². The van der Waals surface area contributed by atoms with Crippen LogP contribution in [0.4, 0.5) is 4.79 Å². The Bertz CT molecular complexity index is 791. The second kappa shape index (κ2) is 7.04. The van der Waals surface area contributed by atoms with Crippen LogP contribution in [0.1, 0.15) is 23.0 Å². The third-order valence-corrected chi connectivity index (χ3v) is 4.50. The molecule has 0 saturated carbocycles. The number of fused-ring (bicyclic) bond motifs is 1. The third kappa shape index (κ3) is 3.26. The third-order valence-electron chi connectivity index (χ3n) is 4.50. The first kappa shape index (κ1) is 17.1. The predicted octanol–water partition coefficient (Wildman–Crippen LogP) is 2.40. The van der Waals surface area contributed by atoms with E-state index in [1.807, 2.05) is 25.1 Å². The fourth-order valence-electron chi connectivity index (χ4n) is 3.17. The van der Waals surface area contributed by atoms with Gasteiger partial charge in [0.05, 0.1) is 19.3 Å². The van der Waals surface area contributed by atoms with Crippen LogP contribution in [0.15, 0.2) is 18.2 Å². The number of piperazine rings is 1. The number of amides is 2. The van der Waals surface area contributed by atoms with Crippen LogP contribution in [-0.4, -0.2) is 66.7 Å². The normalized spacial score (nSPS) is 14.7. The zero-order valence-electron chi connectivity index (χ0n) is 14.8. The number of aryl methyl sites for hydroxylation is 1. The number of carbonyl (C=O) groups excluding carboxylic acids is 2. The van der Waals surface area contributed by atoms with Crippen LogP contribution in [0, 0.1) is 6.92 Å². The average Bonchev–Trinajstić information content (AvgIpc) is 2.96. The molecular weight excluding hydrogens is 322 g/mol. The number of H-pyrrole nitrogens is 1. The Kier molecular flexibility index (Phi) is 4.83. The highest BCUT2D eigenvalue weighted by atomic mass is 16.6. The van der Waals surface area contributed by atoms with E-state index in [1.165, 1.54) is 0 Å². The van der Waals surface area contributed by atoms with Gasteiger partial charge >= 0.3 is 6.09 Å². The maximum absolute atomic E-state index is 13.0. The molecule has 2 amide bonds. The first-order valence-corrected chi connectivity index (χ1v) is 8.42. The van der Waals surface area contributed by atoms with E-state index < -0.39 is 0 Å². The minimum absolute atomic E-state index is 0.0273. The second-order valence-electron chi connectivity index (χ2n) is 6.01. The molecule has 134 valence electrons. The lowest BCUT2D eigenvalue weighted by Gasteiger charge is -2.34. The molecule has 7 heteroatoms. The number of rotatable bonds is 3. The molecule has 0 atom stereocenters. The van der Waals surface area contributed by atoms with Crippen LogP contribution in [0.5, 0.6) is 5.75 Å². The number of aromatic amines is 1. The number of carbonyl (C=O) groups is 2. The lowest BCUT2D eigenvalue weighted by molar-refractivity contribution is 0.0571. The molecule has 1 saturated heterocycles. The van der Waals surface area contributed by atoms with E-state index in [9.17, 15) is 9.59 Å². The lowest BCUT2D eigenvalue weighted by atomic mass is 10.1. The number of hydrogen-bond acceptors (Lipinski definition) is 4. The molecule has 2 heterocycles. The van der Waals surface area contributed by atoms with Crippen molar-refractivity contribution in [3.63, 3.8) is 0 Å². The van der Waals surface area contributed by atoms with E-state index in [-0.39, 0.29) is 12.0 Å². The van der Waals surface area contributed by atoms with E-state index in [0.29, 0.717) is 44.1 Å². The quantitative estimate of drug-likeness (QED) is 0.927. The van der Waals surface area contributed by atoms with Crippen LogP contribution in [0.25, 0.3) is 10.9 Å². The van der Waals surface area contributed by atoms with E-state index >= 15 is 0 Å². The van der Waals surface area contributed by atoms with Crippen molar-refractivity contribution in [2.75, 3.05) is 39.9 Å². The van der Waals surface area contributed by atoms with Gasteiger partial charge in [-0.2, -0.15) is 0 Å². The van der Waals surface area contributed by atoms with Crippen LogP contribution in [-0.2, 0) is 4.74 Å². The SMILES string of the molecule is CCOC(=O)N1CCN(C(=O)c2c(C)[nH]c3ccc(OC)cc23)CC1. The first-order chi connectivity index (χ1) is 12.0. The second-order valence-corrected chi connectivity index (χ2v) is 6.01. The minimum Gasteiger partial charge on any atom is -0.497 e. The van der Waals surface area contributed by atoms with Crippen molar-refractivity contribution in [3.8, 4) is 5.75 Å². The van der Waals surface area contributed by atoms with Crippen molar-refractivity contribution in [2.45, 2.75) is 13.8 Å². The van der Waals surface area contributed by atoms with Gasteiger partial charge in [0.25, 0.3) is 5.91 Å². The summed E-state index contributed by atoms with van der Waals surface area (Å²) in [5, 5.41) is 0.856. The van der Waals surface area contributed by atoms with Crippen LogP contribution in [0.2, 0.25) is 0 Å². The van der Waals surface area contributed by atoms with Crippen LogP contribution >= 0.6 is 0 Å². The molecule has 3 rings (SSSR count). The lowest BCUT2D eigenvalue weighted by Crippen LogP contribution is -2.50. The van der Waals surface area contributed by atoms with Gasteiger partial charge in [-0.1, -0.05) is 0 Å². The van der Waals surface area contributed by atoms with Crippen molar-refractivity contribution in [3.05, 3.63) is 29.5 Å². The Morgan fingerprint density at radius 1 is 1.16 bits per heavy atom. The molecule has 2 aromatic rings. The summed E-state index contributed by atoms with van der Waals surface area (Å²) >= 11 is 0. The van der Waals surface area contributed by atoms with Crippen molar-refractivity contribution in [1.82, 2.24) is 14.8 Å². The van der Waals surface area contributed by atoms with Crippen LogP contribution < -0.4 is 4.74 Å². The van der Waals surface area contributed by atoms with Crippen molar-refractivity contribution < 1.29 is 19.1 Å². The van der Waals surface area contributed by atoms with E-state index in [0.717, 1.165) is 16.6 Å². The molecule has 1 aromatic carbocycles. The molecule has 0 bridgehead atoms. The van der Waals surface area contributed by atoms with Gasteiger partial charge < -0.3 is 24.3 Å². The van der Waals surface area contributed by atoms with E-state index in [4.69, 9.17) is 9.47 Å². The molecule has 1 aromatic heterocycles.